The van der Waals surface area contributed by atoms with Crippen molar-refractivity contribution in [3.63, 3.8) is 0 Å². The predicted octanol–water partition coefficient (Wildman–Crippen LogP) is 5.07. The number of aliphatic hydroxyl groups is 1. The highest BCUT2D eigenvalue weighted by Gasteiger charge is 2.44. The summed E-state index contributed by atoms with van der Waals surface area (Å²) < 4.78 is 13.7. The van der Waals surface area contributed by atoms with Crippen molar-refractivity contribution in [2.45, 2.75) is 78.8 Å². The van der Waals surface area contributed by atoms with Crippen molar-refractivity contribution in [1.82, 2.24) is 10.2 Å². The van der Waals surface area contributed by atoms with Gasteiger partial charge in [-0.1, -0.05) is 25.7 Å². The summed E-state index contributed by atoms with van der Waals surface area (Å²) in [4.78, 5) is 18.1. The minimum atomic E-state index is -0.538. The Bertz CT molecular complexity index is 1030. The fraction of sp³-hybridized carbons (Fsp3) is 0.517. The Kier molecular flexibility index (Phi) is 10.9. The van der Waals surface area contributed by atoms with E-state index in [0.717, 1.165) is 43.6 Å². The molecule has 0 radical (unpaired) electrons. The van der Waals surface area contributed by atoms with Gasteiger partial charge in [0.15, 0.2) is 0 Å². The number of amides is 1. The zero-order valence-corrected chi connectivity index (χ0v) is 23.0. The highest BCUT2D eigenvalue weighted by Crippen LogP contribution is 2.53. The zero-order chi connectivity index (χ0) is 27.8. The maximum atomic E-state index is 13.7. The Morgan fingerprint density at radius 1 is 1.32 bits per heavy atom. The van der Waals surface area contributed by atoms with Crippen molar-refractivity contribution in [3.8, 4) is 0 Å². The highest BCUT2D eigenvalue weighted by molar-refractivity contribution is 6.00. The number of carbonyl (C=O) groups excluding carboxylic acids is 1. The largest absolute Gasteiger partial charge is 0.510 e. The van der Waals surface area contributed by atoms with Gasteiger partial charge in [-0.3, -0.25) is 4.79 Å². The molecule has 1 saturated carbocycles. The van der Waals surface area contributed by atoms with E-state index in [9.17, 15) is 14.3 Å². The fourth-order valence-corrected chi connectivity index (χ4v) is 4.48. The molecule has 2 atom stereocenters. The second-order valence-electron chi connectivity index (χ2n) is 10.2. The van der Waals surface area contributed by atoms with Crippen LogP contribution in [0.3, 0.4) is 0 Å². The number of hydrogen-bond acceptors (Lipinski definition) is 6. The maximum absolute atomic E-state index is 13.7. The van der Waals surface area contributed by atoms with Crippen molar-refractivity contribution in [3.05, 3.63) is 71.2 Å². The summed E-state index contributed by atoms with van der Waals surface area (Å²) in [6.45, 7) is 14.5. The van der Waals surface area contributed by atoms with Gasteiger partial charge >= 0.3 is 0 Å². The van der Waals surface area contributed by atoms with Crippen molar-refractivity contribution in [2.75, 3.05) is 13.1 Å². The van der Waals surface area contributed by atoms with Gasteiger partial charge < -0.3 is 26.8 Å². The molecule has 3 rings (SSSR count). The Hall–Kier alpha value is -3.13. The second kappa shape index (κ2) is 13.4. The third-order valence-corrected chi connectivity index (χ3v) is 7.18. The molecule has 0 aromatic carbocycles. The highest BCUT2D eigenvalue weighted by atomic mass is 19.1. The standard InChI is InChI=1S/C19H29FN4O.C10H15NO/c1-4-15(20)11-16(13(2)21)14(3)23-18(12-17(22)25)24-9-7-19(5-6-19)8-10-24;1-4-9-6-5-7(2)10(11-9)8(3)12/h4,11-13H,5-10,21H2,1-3H3,(H2,22,25);5-6,10-12H,3-4H2,1-2H3/b15-4+,16-11-,18-12+,23-14+;. The van der Waals surface area contributed by atoms with Crippen LogP contribution in [0.1, 0.15) is 66.7 Å². The average Bonchev–Trinajstić information content (AvgIpc) is 3.60. The summed E-state index contributed by atoms with van der Waals surface area (Å²) in [5.41, 5.74) is 15.3. The lowest BCUT2D eigenvalue weighted by Gasteiger charge is -2.34. The Morgan fingerprint density at radius 2 is 1.95 bits per heavy atom. The monoisotopic (exact) mass is 513 g/mol. The summed E-state index contributed by atoms with van der Waals surface area (Å²) in [5, 5.41) is 12.4. The molecule has 8 heteroatoms. The van der Waals surface area contributed by atoms with E-state index in [1.807, 2.05) is 19.1 Å². The first-order valence-corrected chi connectivity index (χ1v) is 13.0. The number of nitrogens with zero attached hydrogens (tertiary/aromatic N) is 2. The molecule has 0 bridgehead atoms. The summed E-state index contributed by atoms with van der Waals surface area (Å²) in [6.07, 6.45) is 13.9. The number of halogens is 1. The van der Waals surface area contributed by atoms with E-state index >= 15 is 0 Å². The van der Waals surface area contributed by atoms with Crippen LogP contribution in [0.15, 0.2) is 76.2 Å². The number of primary amides is 1. The number of hydrogen-bond donors (Lipinski definition) is 4. The number of carbonyl (C=O) groups is 1. The minimum Gasteiger partial charge on any atom is -0.510 e. The van der Waals surface area contributed by atoms with Crippen molar-refractivity contribution >= 4 is 11.6 Å². The third-order valence-electron chi connectivity index (χ3n) is 7.18. The Morgan fingerprint density at radius 3 is 2.41 bits per heavy atom. The first kappa shape index (κ1) is 30.1. The predicted molar refractivity (Wildman–Crippen MR) is 150 cm³/mol. The van der Waals surface area contributed by atoms with E-state index in [-0.39, 0.29) is 23.7 Å². The number of aliphatic imine (C=N–C) groups is 1. The van der Waals surface area contributed by atoms with E-state index in [1.54, 1.807) is 20.8 Å². The SMILES string of the molecule is C=C(O)C1NC(CC)=CC=C1C.C\C=C(F)/C=C(\C(C)=N\C(=C/C(N)=O)N1CCC2(CC1)CC2)C(C)N. The van der Waals surface area contributed by atoms with Gasteiger partial charge in [0.2, 0.25) is 5.91 Å². The molecule has 37 heavy (non-hydrogen) atoms. The molecular weight excluding hydrogens is 469 g/mol. The van der Waals surface area contributed by atoms with Crippen LogP contribution in [-0.2, 0) is 4.79 Å². The number of dihydropyridines is 1. The number of nitrogens with one attached hydrogen (secondary N) is 1. The molecule has 2 fully saturated rings. The number of aliphatic hydroxyl groups excluding tert-OH is 1. The molecule has 3 aliphatic rings. The number of piperidine rings is 1. The van der Waals surface area contributed by atoms with Crippen molar-refractivity contribution in [1.29, 1.82) is 0 Å². The Balaban J connectivity index is 0.000000335. The molecule has 0 aromatic rings. The van der Waals surface area contributed by atoms with Crippen LogP contribution in [0.2, 0.25) is 0 Å². The molecule has 1 amide bonds. The van der Waals surface area contributed by atoms with Crippen LogP contribution in [-0.4, -0.2) is 46.8 Å². The third kappa shape index (κ3) is 9.04. The van der Waals surface area contributed by atoms with Crippen LogP contribution >= 0.6 is 0 Å². The zero-order valence-electron chi connectivity index (χ0n) is 23.0. The van der Waals surface area contributed by atoms with Crippen LogP contribution in [0, 0.1) is 5.41 Å². The molecule has 204 valence electrons. The Labute approximate surface area is 221 Å². The molecule has 2 unspecified atom stereocenters. The molecule has 1 saturated heterocycles. The molecule has 6 N–H and O–H groups in total. The summed E-state index contributed by atoms with van der Waals surface area (Å²) in [6, 6.07) is -0.467. The van der Waals surface area contributed by atoms with Crippen molar-refractivity contribution < 1.29 is 14.3 Å². The van der Waals surface area contributed by atoms with Gasteiger partial charge in [0, 0.05) is 36.6 Å². The number of rotatable bonds is 8. The molecule has 1 spiro atoms. The molecule has 7 nitrogen and oxygen atoms in total. The molecule has 1 aliphatic carbocycles. The van der Waals surface area contributed by atoms with Crippen LogP contribution in [0.5, 0.6) is 0 Å². The van der Waals surface area contributed by atoms with Gasteiger partial charge in [-0.2, -0.15) is 0 Å². The minimum absolute atomic E-state index is 0.0926. The van der Waals surface area contributed by atoms with E-state index in [2.05, 4.69) is 28.7 Å². The van der Waals surface area contributed by atoms with E-state index in [4.69, 9.17) is 11.5 Å². The van der Waals surface area contributed by atoms with Crippen LogP contribution < -0.4 is 16.8 Å². The van der Waals surface area contributed by atoms with Gasteiger partial charge in [0.05, 0.1) is 0 Å². The molecule has 2 heterocycles. The lowest BCUT2D eigenvalue weighted by atomic mass is 9.94. The van der Waals surface area contributed by atoms with Gasteiger partial charge in [0.25, 0.3) is 0 Å². The fourth-order valence-electron chi connectivity index (χ4n) is 4.48. The smallest absolute Gasteiger partial charge is 0.245 e. The topological polar surface area (TPSA) is 117 Å². The van der Waals surface area contributed by atoms with Crippen LogP contribution in [0.4, 0.5) is 4.39 Å². The summed E-state index contributed by atoms with van der Waals surface area (Å²) >= 11 is 0. The van der Waals surface area contributed by atoms with E-state index in [0.29, 0.717) is 22.5 Å². The summed E-state index contributed by atoms with van der Waals surface area (Å²) in [5.74, 6) is -0.184. The van der Waals surface area contributed by atoms with Gasteiger partial charge in [-0.05, 0) is 88.5 Å². The molecular formula is C29H44FN5O2. The lowest BCUT2D eigenvalue weighted by molar-refractivity contribution is -0.113. The average molecular weight is 514 g/mol. The first-order chi connectivity index (χ1) is 17.4. The van der Waals surface area contributed by atoms with E-state index in [1.165, 1.54) is 31.1 Å². The van der Waals surface area contributed by atoms with E-state index < -0.39 is 5.91 Å². The summed E-state index contributed by atoms with van der Waals surface area (Å²) in [7, 11) is 0. The molecule has 2 aliphatic heterocycles. The lowest BCUT2D eigenvalue weighted by Crippen LogP contribution is -2.34. The van der Waals surface area contributed by atoms with Gasteiger partial charge in [-0.25, -0.2) is 9.38 Å². The number of nitrogens with two attached hydrogens (primary N) is 2. The number of likely N-dealkylation sites (tertiary alicyclic amines) is 1. The first-order valence-electron chi connectivity index (χ1n) is 13.0. The van der Waals surface area contributed by atoms with Gasteiger partial charge in [-0.15, -0.1) is 0 Å². The van der Waals surface area contributed by atoms with Crippen LogP contribution in [0.25, 0.3) is 0 Å². The second-order valence-corrected chi connectivity index (χ2v) is 10.2. The quantitative estimate of drug-likeness (QED) is 0.157. The molecule has 0 aromatic heterocycles. The van der Waals surface area contributed by atoms with Crippen molar-refractivity contribution in [2.24, 2.45) is 21.9 Å². The van der Waals surface area contributed by atoms with Gasteiger partial charge in [0.1, 0.15) is 23.4 Å². The normalized spacial score (nSPS) is 22.8. The number of allylic oxidation sites excluding steroid dienone is 6. The maximum Gasteiger partial charge on any atom is 0.245 e.